The Morgan fingerprint density at radius 1 is 1.04 bits per heavy atom. The van der Waals surface area contributed by atoms with Crippen molar-refractivity contribution in [1.82, 2.24) is 9.80 Å². The van der Waals surface area contributed by atoms with E-state index in [2.05, 4.69) is 22.6 Å². The van der Waals surface area contributed by atoms with E-state index < -0.39 is 5.60 Å². The third-order valence-electron chi connectivity index (χ3n) is 3.54. The molecule has 5 nitrogen and oxygen atoms in total. The van der Waals surface area contributed by atoms with Crippen molar-refractivity contribution < 1.29 is 14.3 Å². The van der Waals surface area contributed by atoms with Crippen molar-refractivity contribution >= 4 is 34.6 Å². The van der Waals surface area contributed by atoms with E-state index in [9.17, 15) is 9.59 Å². The molecule has 0 unspecified atom stereocenters. The molecular formula is C17H23IN2O3. The quantitative estimate of drug-likeness (QED) is 0.643. The average molecular weight is 430 g/mol. The molecule has 0 atom stereocenters. The summed E-state index contributed by atoms with van der Waals surface area (Å²) in [4.78, 5) is 28.3. The third kappa shape index (κ3) is 5.09. The van der Waals surface area contributed by atoms with Crippen molar-refractivity contribution in [1.29, 1.82) is 0 Å². The molecule has 0 saturated carbocycles. The lowest BCUT2D eigenvalue weighted by molar-refractivity contribution is 0.0255. The molecule has 23 heavy (non-hydrogen) atoms. The zero-order chi connectivity index (χ0) is 17.0. The largest absolute Gasteiger partial charge is 0.444 e. The summed E-state index contributed by atoms with van der Waals surface area (Å²) in [6.45, 7) is 7.88. The Kier molecular flexibility index (Phi) is 5.89. The van der Waals surface area contributed by atoms with Crippen molar-refractivity contribution in [3.63, 3.8) is 0 Å². The first-order valence-electron chi connectivity index (χ1n) is 7.79. The third-order valence-corrected chi connectivity index (χ3v) is 4.48. The topological polar surface area (TPSA) is 49.9 Å². The highest BCUT2D eigenvalue weighted by molar-refractivity contribution is 14.1. The summed E-state index contributed by atoms with van der Waals surface area (Å²) in [5, 5.41) is 0. The van der Waals surface area contributed by atoms with Gasteiger partial charge in [0.1, 0.15) is 5.60 Å². The monoisotopic (exact) mass is 430 g/mol. The lowest BCUT2D eigenvalue weighted by Crippen LogP contribution is -2.40. The Hall–Kier alpha value is -1.31. The predicted molar refractivity (Wildman–Crippen MR) is 97.5 cm³/mol. The maximum Gasteiger partial charge on any atom is 0.410 e. The second-order valence-corrected chi connectivity index (χ2v) is 7.76. The van der Waals surface area contributed by atoms with Gasteiger partial charge in [-0.3, -0.25) is 4.79 Å². The van der Waals surface area contributed by atoms with Gasteiger partial charge < -0.3 is 14.5 Å². The Morgan fingerprint density at radius 2 is 1.65 bits per heavy atom. The number of hydrogen-bond acceptors (Lipinski definition) is 3. The lowest BCUT2D eigenvalue weighted by Gasteiger charge is -2.26. The zero-order valence-electron chi connectivity index (χ0n) is 13.8. The minimum absolute atomic E-state index is 0.0287. The summed E-state index contributed by atoms with van der Waals surface area (Å²) in [5.74, 6) is 0.0287. The first-order chi connectivity index (χ1) is 10.8. The highest BCUT2D eigenvalue weighted by Gasteiger charge is 2.26. The fraction of sp³-hybridized carbons (Fsp3) is 0.529. The van der Waals surface area contributed by atoms with E-state index in [4.69, 9.17) is 4.74 Å². The highest BCUT2D eigenvalue weighted by atomic mass is 127. The molecule has 0 radical (unpaired) electrons. The van der Waals surface area contributed by atoms with Crippen molar-refractivity contribution in [2.24, 2.45) is 0 Å². The fourth-order valence-corrected chi connectivity index (χ4v) is 3.05. The Balaban J connectivity index is 2.00. The Morgan fingerprint density at radius 3 is 2.30 bits per heavy atom. The molecule has 1 aliphatic heterocycles. The van der Waals surface area contributed by atoms with Crippen LogP contribution in [0, 0.1) is 3.57 Å². The molecule has 2 amide bonds. The van der Waals surface area contributed by atoms with Crippen molar-refractivity contribution in [2.45, 2.75) is 32.8 Å². The summed E-state index contributed by atoms with van der Waals surface area (Å²) >= 11 is 2.18. The molecule has 0 aliphatic carbocycles. The van der Waals surface area contributed by atoms with Crippen LogP contribution in [0.15, 0.2) is 24.3 Å². The van der Waals surface area contributed by atoms with Crippen LogP contribution in [0.3, 0.4) is 0 Å². The average Bonchev–Trinajstić information content (AvgIpc) is 2.71. The SMILES string of the molecule is CC(C)(C)OC(=O)N1CCCN(C(=O)c2ccccc2I)CC1. The van der Waals surface area contributed by atoms with Gasteiger partial charge in [-0.25, -0.2) is 4.79 Å². The van der Waals surface area contributed by atoms with Gasteiger partial charge in [-0.15, -0.1) is 0 Å². The predicted octanol–water partition coefficient (Wildman–Crippen LogP) is 3.37. The van der Waals surface area contributed by atoms with Crippen molar-refractivity contribution in [3.05, 3.63) is 33.4 Å². The highest BCUT2D eigenvalue weighted by Crippen LogP contribution is 2.16. The molecule has 1 heterocycles. The second kappa shape index (κ2) is 7.51. The summed E-state index contributed by atoms with van der Waals surface area (Å²) in [7, 11) is 0. The summed E-state index contributed by atoms with van der Waals surface area (Å²) in [5.41, 5.74) is 0.220. The van der Waals surface area contributed by atoms with E-state index in [1.807, 2.05) is 49.9 Å². The van der Waals surface area contributed by atoms with Gasteiger partial charge in [0.05, 0.1) is 5.56 Å². The van der Waals surface area contributed by atoms with Crippen LogP contribution >= 0.6 is 22.6 Å². The molecule has 1 aromatic rings. The van der Waals surface area contributed by atoms with Gasteiger partial charge >= 0.3 is 6.09 Å². The van der Waals surface area contributed by atoms with Gasteiger partial charge in [-0.05, 0) is 61.9 Å². The summed E-state index contributed by atoms with van der Waals surface area (Å²) in [6, 6.07) is 7.57. The molecule has 126 valence electrons. The van der Waals surface area contributed by atoms with Crippen LogP contribution in [-0.2, 0) is 4.74 Å². The van der Waals surface area contributed by atoms with E-state index in [1.165, 1.54) is 0 Å². The number of benzene rings is 1. The van der Waals surface area contributed by atoms with Gasteiger partial charge in [0.25, 0.3) is 5.91 Å². The smallest absolute Gasteiger partial charge is 0.410 e. The zero-order valence-corrected chi connectivity index (χ0v) is 16.0. The standard InChI is InChI=1S/C17H23IN2O3/c1-17(2,3)23-16(22)20-10-6-9-19(11-12-20)15(21)13-7-4-5-8-14(13)18/h4-5,7-8H,6,9-12H2,1-3H3. The van der Waals surface area contributed by atoms with Crippen molar-refractivity contribution in [3.8, 4) is 0 Å². The fourth-order valence-electron chi connectivity index (χ4n) is 2.43. The number of halogens is 1. The van der Waals surface area contributed by atoms with Crippen LogP contribution in [0.4, 0.5) is 4.79 Å². The summed E-state index contributed by atoms with van der Waals surface area (Å²) in [6.07, 6.45) is 0.454. The van der Waals surface area contributed by atoms with Crippen LogP contribution in [0.1, 0.15) is 37.6 Å². The Bertz CT molecular complexity index is 583. The minimum atomic E-state index is -0.501. The van der Waals surface area contributed by atoms with Gasteiger partial charge in [0, 0.05) is 29.7 Å². The van der Waals surface area contributed by atoms with Gasteiger partial charge in [0.2, 0.25) is 0 Å². The number of carbonyl (C=O) groups excluding carboxylic acids is 2. The molecule has 1 fully saturated rings. The molecule has 2 rings (SSSR count). The van der Waals surface area contributed by atoms with E-state index >= 15 is 0 Å². The van der Waals surface area contributed by atoms with Gasteiger partial charge in [-0.2, -0.15) is 0 Å². The second-order valence-electron chi connectivity index (χ2n) is 6.59. The number of nitrogens with zero attached hydrogens (tertiary/aromatic N) is 2. The van der Waals surface area contributed by atoms with Gasteiger partial charge in [0.15, 0.2) is 0 Å². The maximum absolute atomic E-state index is 12.7. The van der Waals surface area contributed by atoms with Crippen molar-refractivity contribution in [2.75, 3.05) is 26.2 Å². The molecule has 0 bridgehead atoms. The normalized spacial score (nSPS) is 16.0. The molecule has 6 heteroatoms. The van der Waals surface area contributed by atoms with E-state index in [0.717, 1.165) is 15.6 Å². The number of amides is 2. The molecule has 0 spiro atoms. The van der Waals surface area contributed by atoms with Crippen LogP contribution in [0.2, 0.25) is 0 Å². The molecule has 0 N–H and O–H groups in total. The number of carbonyl (C=O) groups is 2. The van der Waals surface area contributed by atoms with E-state index in [1.54, 1.807) is 4.90 Å². The number of rotatable bonds is 1. The van der Waals surface area contributed by atoms with Crippen LogP contribution in [0.5, 0.6) is 0 Å². The molecule has 1 aliphatic rings. The maximum atomic E-state index is 12.7. The number of ether oxygens (including phenoxy) is 1. The molecule has 1 saturated heterocycles. The van der Waals surface area contributed by atoms with Gasteiger partial charge in [-0.1, -0.05) is 12.1 Å². The minimum Gasteiger partial charge on any atom is -0.444 e. The molecule has 0 aromatic heterocycles. The Labute approximate surface area is 151 Å². The van der Waals surface area contributed by atoms with E-state index in [-0.39, 0.29) is 12.0 Å². The lowest BCUT2D eigenvalue weighted by atomic mass is 10.2. The van der Waals surface area contributed by atoms with Crippen LogP contribution < -0.4 is 0 Å². The van der Waals surface area contributed by atoms with Crippen LogP contribution in [0.25, 0.3) is 0 Å². The number of hydrogen-bond donors (Lipinski definition) is 0. The van der Waals surface area contributed by atoms with E-state index in [0.29, 0.717) is 26.2 Å². The summed E-state index contributed by atoms with van der Waals surface area (Å²) < 4.78 is 6.36. The first-order valence-corrected chi connectivity index (χ1v) is 8.87. The first kappa shape index (κ1) is 18.0. The molecular weight excluding hydrogens is 407 g/mol. The molecule has 1 aromatic carbocycles. The van der Waals surface area contributed by atoms with Crippen LogP contribution in [-0.4, -0.2) is 53.6 Å².